The van der Waals surface area contributed by atoms with Crippen molar-refractivity contribution >= 4 is 17.7 Å². The third-order valence-corrected chi connectivity index (χ3v) is 6.23. The number of rotatable bonds is 4. The minimum atomic E-state index is -0.566. The Hall–Kier alpha value is -2.08. The molecule has 4 bridgehead atoms. The summed E-state index contributed by atoms with van der Waals surface area (Å²) in [5.41, 5.74) is 0.122. The molecule has 0 heterocycles. The summed E-state index contributed by atoms with van der Waals surface area (Å²) in [5, 5.41) is 14.2. The van der Waals surface area contributed by atoms with Gasteiger partial charge in [-0.25, -0.2) is 9.59 Å². The predicted octanol–water partition coefficient (Wildman–Crippen LogP) is 3.74. The number of amides is 2. The molecule has 140 valence electrons. The maximum absolute atomic E-state index is 12.8. The summed E-state index contributed by atoms with van der Waals surface area (Å²) in [6, 6.07) is 5.89. The Bertz CT molecular complexity index is 682. The molecule has 2 amide bonds. The number of ether oxygens (including phenoxy) is 1. The fourth-order valence-corrected chi connectivity index (χ4v) is 5.69. The van der Waals surface area contributed by atoms with E-state index in [1.54, 1.807) is 31.2 Å². The molecule has 1 aromatic rings. The second kappa shape index (κ2) is 6.58. The van der Waals surface area contributed by atoms with E-state index in [1.165, 1.54) is 19.3 Å². The van der Waals surface area contributed by atoms with E-state index in [-0.39, 0.29) is 23.4 Å². The normalized spacial score (nSPS) is 31.5. The molecule has 6 heteroatoms. The van der Waals surface area contributed by atoms with Crippen LogP contribution in [0, 0.1) is 17.8 Å². The number of hydroxylamine groups is 1. The summed E-state index contributed by atoms with van der Waals surface area (Å²) in [6.07, 6.45) is 6.84. The average Bonchev–Trinajstić information content (AvgIpc) is 2.59. The third kappa shape index (κ3) is 3.07. The Labute approximate surface area is 153 Å². The fraction of sp³-hybridized carbons (Fsp3) is 0.600. The van der Waals surface area contributed by atoms with Crippen molar-refractivity contribution < 1.29 is 19.5 Å². The smallest absolute Gasteiger partial charge is 0.346 e. The van der Waals surface area contributed by atoms with Gasteiger partial charge in [-0.05, 0) is 75.3 Å². The molecular weight excluding hydrogens is 332 g/mol. The number of urea groups is 1. The molecule has 4 aliphatic carbocycles. The maximum atomic E-state index is 12.8. The SMILES string of the molecule is CCOC(=O)c1ccccc1N(O)C(=O)NC12CC3CC(CC(C3)C1)C2. The van der Waals surface area contributed by atoms with Gasteiger partial charge >= 0.3 is 12.0 Å². The Morgan fingerprint density at radius 1 is 1.15 bits per heavy atom. The van der Waals surface area contributed by atoms with Gasteiger partial charge in [0.05, 0.1) is 17.9 Å². The molecular formula is C20H26N2O4. The molecule has 0 aromatic heterocycles. The van der Waals surface area contributed by atoms with Crippen LogP contribution >= 0.6 is 0 Å². The van der Waals surface area contributed by atoms with Crippen molar-refractivity contribution in [3.63, 3.8) is 0 Å². The first kappa shape index (κ1) is 17.3. The third-order valence-electron chi connectivity index (χ3n) is 6.23. The summed E-state index contributed by atoms with van der Waals surface area (Å²) in [6.45, 7) is 1.95. The molecule has 4 fully saturated rings. The van der Waals surface area contributed by atoms with Crippen LogP contribution in [0.25, 0.3) is 0 Å². The predicted molar refractivity (Wildman–Crippen MR) is 96.1 cm³/mol. The van der Waals surface area contributed by atoms with Crippen LogP contribution in [0.4, 0.5) is 10.5 Å². The van der Waals surface area contributed by atoms with E-state index in [0.717, 1.165) is 19.3 Å². The molecule has 0 atom stereocenters. The zero-order valence-electron chi connectivity index (χ0n) is 15.1. The molecule has 0 spiro atoms. The molecule has 0 saturated heterocycles. The monoisotopic (exact) mass is 358 g/mol. The van der Waals surface area contributed by atoms with Gasteiger partial charge in [0.15, 0.2) is 0 Å². The average molecular weight is 358 g/mol. The number of esters is 1. The van der Waals surface area contributed by atoms with Crippen LogP contribution < -0.4 is 10.4 Å². The largest absolute Gasteiger partial charge is 0.462 e. The number of anilines is 1. The standard InChI is InChI=1S/C20H26N2O4/c1-2-26-18(23)16-5-3-4-6-17(16)22(25)19(24)21-20-10-13-7-14(11-20)9-15(8-13)12-20/h3-6,13-15,25H,2,7-12H2,1H3,(H,21,24). The number of para-hydroxylation sites is 1. The number of benzene rings is 1. The molecule has 2 N–H and O–H groups in total. The van der Waals surface area contributed by atoms with Crippen LogP contribution in [0.2, 0.25) is 0 Å². The number of nitrogens with one attached hydrogen (secondary N) is 1. The van der Waals surface area contributed by atoms with Gasteiger partial charge in [-0.1, -0.05) is 12.1 Å². The molecule has 4 aliphatic rings. The first-order valence-electron chi connectivity index (χ1n) is 9.57. The van der Waals surface area contributed by atoms with Crippen molar-refractivity contribution in [3.05, 3.63) is 29.8 Å². The summed E-state index contributed by atoms with van der Waals surface area (Å²) in [5.74, 6) is 1.53. The van der Waals surface area contributed by atoms with Gasteiger partial charge in [0.2, 0.25) is 0 Å². The highest BCUT2D eigenvalue weighted by Crippen LogP contribution is 2.55. The molecule has 1 aromatic carbocycles. The summed E-state index contributed by atoms with van der Waals surface area (Å²) in [4.78, 5) is 24.9. The lowest BCUT2D eigenvalue weighted by Crippen LogP contribution is -2.61. The van der Waals surface area contributed by atoms with Crippen molar-refractivity contribution in [2.24, 2.45) is 17.8 Å². The minimum absolute atomic E-state index is 0.146. The van der Waals surface area contributed by atoms with Gasteiger partial charge in [0, 0.05) is 5.54 Å². The second-order valence-electron chi connectivity index (χ2n) is 8.18. The number of carbonyl (C=O) groups is 2. The van der Waals surface area contributed by atoms with Gasteiger partial charge in [-0.3, -0.25) is 5.21 Å². The first-order valence-corrected chi connectivity index (χ1v) is 9.57. The van der Waals surface area contributed by atoms with Crippen LogP contribution in [0.5, 0.6) is 0 Å². The van der Waals surface area contributed by atoms with Crippen molar-refractivity contribution in [1.29, 1.82) is 0 Å². The Morgan fingerprint density at radius 3 is 2.31 bits per heavy atom. The van der Waals surface area contributed by atoms with E-state index in [4.69, 9.17) is 4.74 Å². The Balaban J connectivity index is 1.52. The molecule has 0 radical (unpaired) electrons. The van der Waals surface area contributed by atoms with Gasteiger partial charge < -0.3 is 10.1 Å². The fourth-order valence-electron chi connectivity index (χ4n) is 5.69. The maximum Gasteiger partial charge on any atom is 0.346 e. The summed E-state index contributed by atoms with van der Waals surface area (Å²) < 4.78 is 5.02. The van der Waals surface area contributed by atoms with Crippen LogP contribution in [-0.4, -0.2) is 29.4 Å². The van der Waals surface area contributed by atoms with E-state index >= 15 is 0 Å². The van der Waals surface area contributed by atoms with Crippen molar-refractivity contribution in [2.75, 3.05) is 11.7 Å². The molecule has 0 unspecified atom stereocenters. The number of nitrogens with zero attached hydrogens (tertiary/aromatic N) is 1. The lowest BCUT2D eigenvalue weighted by Gasteiger charge is -2.56. The molecule has 4 saturated carbocycles. The van der Waals surface area contributed by atoms with Crippen LogP contribution in [0.3, 0.4) is 0 Å². The van der Waals surface area contributed by atoms with Gasteiger partial charge in [0.1, 0.15) is 0 Å². The summed E-state index contributed by atoms with van der Waals surface area (Å²) in [7, 11) is 0. The summed E-state index contributed by atoms with van der Waals surface area (Å²) >= 11 is 0. The highest BCUT2D eigenvalue weighted by molar-refractivity contribution is 6.01. The quantitative estimate of drug-likeness (QED) is 0.488. The van der Waals surface area contributed by atoms with E-state index in [9.17, 15) is 14.8 Å². The first-order chi connectivity index (χ1) is 12.5. The molecule has 26 heavy (non-hydrogen) atoms. The van der Waals surface area contributed by atoms with Crippen LogP contribution in [0.15, 0.2) is 24.3 Å². The number of hydrogen-bond donors (Lipinski definition) is 2. The van der Waals surface area contributed by atoms with Gasteiger partial charge in [-0.15, -0.1) is 0 Å². The highest BCUT2D eigenvalue weighted by atomic mass is 16.5. The number of hydrogen-bond acceptors (Lipinski definition) is 4. The van der Waals surface area contributed by atoms with Crippen LogP contribution in [-0.2, 0) is 4.74 Å². The highest BCUT2D eigenvalue weighted by Gasteiger charge is 2.52. The second-order valence-corrected chi connectivity index (χ2v) is 8.18. The van der Waals surface area contributed by atoms with Gasteiger partial charge in [-0.2, -0.15) is 5.06 Å². The topological polar surface area (TPSA) is 78.9 Å². The zero-order valence-corrected chi connectivity index (χ0v) is 15.1. The molecule has 0 aliphatic heterocycles. The lowest BCUT2D eigenvalue weighted by molar-refractivity contribution is -0.0142. The Kier molecular flexibility index (Phi) is 4.39. The van der Waals surface area contributed by atoms with Crippen molar-refractivity contribution in [2.45, 2.75) is 51.0 Å². The van der Waals surface area contributed by atoms with Crippen LogP contribution in [0.1, 0.15) is 55.8 Å². The van der Waals surface area contributed by atoms with E-state index in [0.29, 0.717) is 22.8 Å². The number of carbonyl (C=O) groups excluding carboxylic acids is 2. The van der Waals surface area contributed by atoms with Crippen molar-refractivity contribution in [3.8, 4) is 0 Å². The Morgan fingerprint density at radius 2 is 1.73 bits per heavy atom. The van der Waals surface area contributed by atoms with E-state index in [2.05, 4.69) is 5.32 Å². The van der Waals surface area contributed by atoms with E-state index in [1.807, 2.05) is 0 Å². The van der Waals surface area contributed by atoms with E-state index < -0.39 is 12.0 Å². The molecule has 6 nitrogen and oxygen atoms in total. The van der Waals surface area contributed by atoms with Gasteiger partial charge in [0.25, 0.3) is 0 Å². The van der Waals surface area contributed by atoms with Crippen molar-refractivity contribution in [1.82, 2.24) is 5.32 Å². The molecule has 5 rings (SSSR count). The lowest BCUT2D eigenvalue weighted by atomic mass is 9.53. The minimum Gasteiger partial charge on any atom is -0.462 e. The zero-order chi connectivity index (χ0) is 18.3.